The van der Waals surface area contributed by atoms with Crippen molar-refractivity contribution in [3.8, 4) is 0 Å². The van der Waals surface area contributed by atoms with Crippen LogP contribution in [0.5, 0.6) is 0 Å². The van der Waals surface area contributed by atoms with Crippen molar-refractivity contribution in [3.05, 3.63) is 0 Å². The Balaban J connectivity index is 3.77. The Morgan fingerprint density at radius 2 is 1.45 bits per heavy atom. The zero-order valence-electron chi connectivity index (χ0n) is 16.5. The van der Waals surface area contributed by atoms with Gasteiger partial charge in [-0.15, -0.1) is 0 Å². The first-order chi connectivity index (χ1) is 10.1. The van der Waals surface area contributed by atoms with Crippen molar-refractivity contribution in [1.29, 1.82) is 0 Å². The van der Waals surface area contributed by atoms with Crippen LogP contribution in [0.3, 0.4) is 0 Å². The Hall–Kier alpha value is 0.660. The third kappa shape index (κ3) is 9.72. The van der Waals surface area contributed by atoms with Gasteiger partial charge in [0.15, 0.2) is 0 Å². The van der Waals surface area contributed by atoms with Crippen LogP contribution in [0.2, 0.25) is 0 Å². The quantitative estimate of drug-likeness (QED) is 0.326. The summed E-state index contributed by atoms with van der Waals surface area (Å²) in [5.41, 5.74) is 0.451. The summed E-state index contributed by atoms with van der Waals surface area (Å²) in [6.07, 6.45) is 1.30. The van der Waals surface area contributed by atoms with E-state index in [2.05, 4.69) is 78.4 Å². The summed E-state index contributed by atoms with van der Waals surface area (Å²) in [6, 6.07) is 0. The number of hydrogen-bond acceptors (Lipinski definition) is 3. The van der Waals surface area contributed by atoms with Crippen LogP contribution in [-0.2, 0) is 0 Å². The lowest BCUT2D eigenvalue weighted by Gasteiger charge is -2.31. The number of rotatable bonds is 12. The van der Waals surface area contributed by atoms with Crippen molar-refractivity contribution >= 4 is 21.6 Å². The van der Waals surface area contributed by atoms with Crippen LogP contribution in [0.4, 0.5) is 0 Å². The van der Waals surface area contributed by atoms with Crippen molar-refractivity contribution in [1.82, 2.24) is 5.32 Å². The molecule has 0 heterocycles. The molecule has 0 bridgehead atoms. The Morgan fingerprint density at radius 3 is 1.91 bits per heavy atom. The van der Waals surface area contributed by atoms with Crippen LogP contribution in [0.25, 0.3) is 0 Å². The standard InChI is InChI=1S/C19H41NS2/c1-14(2)18(15(3)4)13-20-10-11-21-22-17(7)12-19(8,9)16(5)6/h14-18,20H,10-13H2,1-9H3. The van der Waals surface area contributed by atoms with Gasteiger partial charge in [-0.1, -0.05) is 83.9 Å². The van der Waals surface area contributed by atoms with Crippen LogP contribution in [0.15, 0.2) is 0 Å². The Morgan fingerprint density at radius 1 is 0.909 bits per heavy atom. The minimum atomic E-state index is 0.451. The fourth-order valence-corrected chi connectivity index (χ4v) is 5.29. The predicted molar refractivity (Wildman–Crippen MR) is 109 cm³/mol. The highest BCUT2D eigenvalue weighted by molar-refractivity contribution is 8.76. The summed E-state index contributed by atoms with van der Waals surface area (Å²) in [4.78, 5) is 0. The highest BCUT2D eigenvalue weighted by Crippen LogP contribution is 2.38. The number of nitrogens with one attached hydrogen (secondary N) is 1. The van der Waals surface area contributed by atoms with E-state index in [1.54, 1.807) is 0 Å². The SMILES string of the molecule is CC(CC(C)(C)C(C)C)SSCCNCC(C(C)C)C(C)C. The smallest absolute Gasteiger partial charge is 0.0162 e. The molecule has 0 aliphatic rings. The van der Waals surface area contributed by atoms with Crippen molar-refractivity contribution in [2.45, 2.75) is 74.0 Å². The van der Waals surface area contributed by atoms with E-state index in [9.17, 15) is 0 Å². The first-order valence-electron chi connectivity index (χ1n) is 9.06. The molecule has 0 spiro atoms. The minimum absolute atomic E-state index is 0.451. The van der Waals surface area contributed by atoms with Crippen LogP contribution in [-0.4, -0.2) is 24.1 Å². The maximum atomic E-state index is 3.65. The lowest BCUT2D eigenvalue weighted by atomic mass is 9.77. The zero-order valence-corrected chi connectivity index (χ0v) is 18.2. The Labute approximate surface area is 149 Å². The highest BCUT2D eigenvalue weighted by atomic mass is 33.1. The minimum Gasteiger partial charge on any atom is -0.316 e. The second-order valence-corrected chi connectivity index (χ2v) is 11.4. The van der Waals surface area contributed by atoms with Crippen molar-refractivity contribution in [3.63, 3.8) is 0 Å². The summed E-state index contributed by atoms with van der Waals surface area (Å²) in [7, 11) is 4.11. The molecule has 0 aromatic heterocycles. The molecule has 0 amide bonds. The van der Waals surface area contributed by atoms with Gasteiger partial charge in [-0.2, -0.15) is 0 Å². The van der Waals surface area contributed by atoms with Crippen LogP contribution in [0.1, 0.15) is 68.7 Å². The molecule has 0 fully saturated rings. The van der Waals surface area contributed by atoms with Gasteiger partial charge in [-0.25, -0.2) is 0 Å². The van der Waals surface area contributed by atoms with Gasteiger partial charge in [-0.3, -0.25) is 0 Å². The van der Waals surface area contributed by atoms with E-state index in [1.807, 2.05) is 10.8 Å². The predicted octanol–water partition coefficient (Wildman–Crippen LogP) is 6.35. The molecular weight excluding hydrogens is 306 g/mol. The summed E-state index contributed by atoms with van der Waals surface area (Å²) in [5, 5.41) is 4.39. The maximum absolute atomic E-state index is 3.65. The molecule has 0 aliphatic heterocycles. The first kappa shape index (κ1) is 22.7. The molecule has 1 nitrogen and oxygen atoms in total. The lowest BCUT2D eigenvalue weighted by molar-refractivity contribution is 0.230. The van der Waals surface area contributed by atoms with E-state index in [-0.39, 0.29) is 0 Å². The monoisotopic (exact) mass is 347 g/mol. The van der Waals surface area contributed by atoms with Gasteiger partial charge in [0.25, 0.3) is 0 Å². The zero-order chi connectivity index (χ0) is 17.3. The largest absolute Gasteiger partial charge is 0.316 e. The van der Waals surface area contributed by atoms with Crippen molar-refractivity contribution in [2.24, 2.45) is 29.1 Å². The van der Waals surface area contributed by atoms with Gasteiger partial charge >= 0.3 is 0 Å². The summed E-state index contributed by atoms with van der Waals surface area (Å²) < 4.78 is 0. The molecule has 0 rings (SSSR count). The molecule has 0 saturated heterocycles. The van der Waals surface area contributed by atoms with Gasteiger partial charge in [0, 0.05) is 17.5 Å². The van der Waals surface area contributed by atoms with Crippen molar-refractivity contribution < 1.29 is 0 Å². The highest BCUT2D eigenvalue weighted by Gasteiger charge is 2.25. The molecule has 0 saturated carbocycles. The fourth-order valence-electron chi connectivity index (χ4n) is 2.80. The van der Waals surface area contributed by atoms with Gasteiger partial charge in [0.2, 0.25) is 0 Å². The first-order valence-corrected chi connectivity index (χ1v) is 11.4. The van der Waals surface area contributed by atoms with Crippen molar-refractivity contribution in [2.75, 3.05) is 18.8 Å². The molecule has 134 valence electrons. The van der Waals surface area contributed by atoms with Crippen LogP contribution in [0, 0.1) is 29.1 Å². The van der Waals surface area contributed by atoms with Gasteiger partial charge < -0.3 is 5.32 Å². The summed E-state index contributed by atoms with van der Waals surface area (Å²) in [5.74, 6) is 4.30. The fraction of sp³-hybridized carbons (Fsp3) is 1.00. The van der Waals surface area contributed by atoms with E-state index in [1.165, 1.54) is 12.2 Å². The average Bonchev–Trinajstić information content (AvgIpc) is 2.35. The normalized spacial score (nSPS) is 14.6. The molecule has 22 heavy (non-hydrogen) atoms. The molecule has 1 atom stereocenters. The Bertz CT molecular complexity index is 267. The second kappa shape index (κ2) is 11.3. The Kier molecular flexibility index (Phi) is 11.6. The lowest BCUT2D eigenvalue weighted by Crippen LogP contribution is -2.31. The topological polar surface area (TPSA) is 12.0 Å². The summed E-state index contributed by atoms with van der Waals surface area (Å²) >= 11 is 0. The van der Waals surface area contributed by atoms with E-state index in [0.717, 1.165) is 42.0 Å². The van der Waals surface area contributed by atoms with E-state index < -0.39 is 0 Å². The molecule has 0 aromatic rings. The van der Waals surface area contributed by atoms with Crippen LogP contribution >= 0.6 is 21.6 Å². The molecule has 3 heteroatoms. The van der Waals surface area contributed by atoms with E-state index in [4.69, 9.17) is 0 Å². The molecule has 1 N–H and O–H groups in total. The molecule has 0 aliphatic carbocycles. The molecule has 0 aromatic carbocycles. The summed E-state index contributed by atoms with van der Waals surface area (Å²) in [6.45, 7) is 23.5. The maximum Gasteiger partial charge on any atom is 0.0162 e. The van der Waals surface area contributed by atoms with Gasteiger partial charge in [0.1, 0.15) is 0 Å². The van der Waals surface area contributed by atoms with Crippen LogP contribution < -0.4 is 5.32 Å². The van der Waals surface area contributed by atoms with Gasteiger partial charge in [0.05, 0.1) is 0 Å². The molecular formula is C19H41NS2. The third-order valence-electron chi connectivity index (χ3n) is 5.06. The third-order valence-corrected chi connectivity index (χ3v) is 7.96. The molecule has 0 radical (unpaired) electrons. The molecule has 1 unspecified atom stereocenters. The average molecular weight is 348 g/mol. The van der Waals surface area contributed by atoms with Gasteiger partial charge in [-0.05, 0) is 42.1 Å². The second-order valence-electron chi connectivity index (χ2n) is 8.43. The number of hydrogen-bond donors (Lipinski definition) is 1. The van der Waals surface area contributed by atoms with E-state index in [0.29, 0.717) is 5.41 Å². The van der Waals surface area contributed by atoms with E-state index >= 15 is 0 Å².